The first-order valence-electron chi connectivity index (χ1n) is 9.56. The van der Waals surface area contributed by atoms with Crippen LogP contribution in [0.1, 0.15) is 25.8 Å². The highest BCUT2D eigenvalue weighted by atomic mass is 19.1. The van der Waals surface area contributed by atoms with Crippen molar-refractivity contribution in [3.05, 3.63) is 48.0 Å². The van der Waals surface area contributed by atoms with Crippen LogP contribution < -0.4 is 10.6 Å². The van der Waals surface area contributed by atoms with E-state index in [2.05, 4.69) is 15.7 Å². The maximum absolute atomic E-state index is 13.4. The molecule has 4 rings (SSSR count). The molecule has 0 bridgehead atoms. The maximum atomic E-state index is 13.4. The smallest absolute Gasteiger partial charge is 0.246 e. The molecule has 28 heavy (non-hydrogen) atoms. The average Bonchev–Trinajstić information content (AvgIpc) is 3.30. The van der Waals surface area contributed by atoms with Gasteiger partial charge in [-0.1, -0.05) is 19.9 Å². The lowest BCUT2D eigenvalue weighted by Gasteiger charge is -2.36. The Morgan fingerprint density at radius 2 is 2.18 bits per heavy atom. The van der Waals surface area contributed by atoms with Gasteiger partial charge in [0.1, 0.15) is 17.9 Å². The number of carbonyl (C=O) groups excluding carboxylic acids is 2. The van der Waals surface area contributed by atoms with E-state index in [0.717, 1.165) is 5.56 Å². The Morgan fingerprint density at radius 3 is 2.93 bits per heavy atom. The van der Waals surface area contributed by atoms with E-state index in [-0.39, 0.29) is 29.6 Å². The third-order valence-electron chi connectivity index (χ3n) is 5.42. The first-order chi connectivity index (χ1) is 13.4. The van der Waals surface area contributed by atoms with E-state index >= 15 is 0 Å². The molecule has 2 amide bonds. The summed E-state index contributed by atoms with van der Waals surface area (Å²) in [5.74, 6) is -0.305. The molecule has 3 atom stereocenters. The molecule has 2 aromatic rings. The second-order valence-electron chi connectivity index (χ2n) is 7.82. The molecule has 0 aliphatic carbocycles. The molecular formula is C20H24FN5O2. The lowest BCUT2D eigenvalue weighted by molar-refractivity contribution is -0.148. The van der Waals surface area contributed by atoms with Gasteiger partial charge in [0, 0.05) is 30.9 Å². The minimum atomic E-state index is -0.438. The van der Waals surface area contributed by atoms with Crippen LogP contribution in [0.25, 0.3) is 5.69 Å². The van der Waals surface area contributed by atoms with E-state index in [0.29, 0.717) is 25.2 Å². The molecule has 2 aliphatic rings. The van der Waals surface area contributed by atoms with E-state index in [1.165, 1.54) is 12.1 Å². The summed E-state index contributed by atoms with van der Waals surface area (Å²) in [6.45, 7) is 4.96. The van der Waals surface area contributed by atoms with E-state index < -0.39 is 12.1 Å². The zero-order valence-corrected chi connectivity index (χ0v) is 15.9. The van der Waals surface area contributed by atoms with Crippen molar-refractivity contribution in [2.45, 2.75) is 44.9 Å². The molecule has 0 radical (unpaired) electrons. The molecule has 0 spiro atoms. The molecule has 0 unspecified atom stereocenters. The van der Waals surface area contributed by atoms with Crippen molar-refractivity contribution in [3.63, 3.8) is 0 Å². The molecular weight excluding hydrogens is 361 g/mol. The van der Waals surface area contributed by atoms with Crippen LogP contribution in [0.5, 0.6) is 0 Å². The van der Waals surface area contributed by atoms with Crippen LogP contribution in [0.2, 0.25) is 0 Å². The van der Waals surface area contributed by atoms with Crippen molar-refractivity contribution in [2.24, 2.45) is 5.92 Å². The summed E-state index contributed by atoms with van der Waals surface area (Å²) in [6.07, 6.45) is 4.17. The number of aromatic nitrogens is 2. The second kappa shape index (κ2) is 7.35. The summed E-state index contributed by atoms with van der Waals surface area (Å²) < 4.78 is 15.0. The number of fused-ring (bicyclic) bond motifs is 1. The Bertz CT molecular complexity index is 896. The van der Waals surface area contributed by atoms with Gasteiger partial charge in [0.2, 0.25) is 11.8 Å². The predicted octanol–water partition coefficient (Wildman–Crippen LogP) is 1.22. The third kappa shape index (κ3) is 3.52. The Hall–Kier alpha value is -2.74. The lowest BCUT2D eigenvalue weighted by atomic mass is 9.98. The quantitative estimate of drug-likeness (QED) is 0.811. The Kier molecular flexibility index (Phi) is 4.89. The summed E-state index contributed by atoms with van der Waals surface area (Å²) in [5.41, 5.74) is 1.61. The molecule has 1 aromatic heterocycles. The predicted molar refractivity (Wildman–Crippen MR) is 101 cm³/mol. The Labute approximate surface area is 162 Å². The number of hydrogen-bond acceptors (Lipinski definition) is 4. The van der Waals surface area contributed by atoms with Gasteiger partial charge in [-0.3, -0.25) is 9.59 Å². The number of halogens is 1. The SMILES string of the molecule is CC(C)[C@H]1NC(=O)[C@@H]2C[C@H](NCc3cnn(-c4cccc(F)c4)c3)CN2C1=O. The summed E-state index contributed by atoms with van der Waals surface area (Å²) in [6, 6.07) is 5.47. The monoisotopic (exact) mass is 385 g/mol. The number of nitrogens with zero attached hydrogens (tertiary/aromatic N) is 3. The Morgan fingerprint density at radius 1 is 1.36 bits per heavy atom. The van der Waals surface area contributed by atoms with Gasteiger partial charge in [0.25, 0.3) is 0 Å². The largest absolute Gasteiger partial charge is 0.342 e. The number of carbonyl (C=O) groups is 2. The molecule has 2 N–H and O–H groups in total. The highest BCUT2D eigenvalue weighted by Crippen LogP contribution is 2.25. The summed E-state index contributed by atoms with van der Waals surface area (Å²) in [7, 11) is 0. The minimum Gasteiger partial charge on any atom is -0.342 e. The van der Waals surface area contributed by atoms with Gasteiger partial charge >= 0.3 is 0 Å². The van der Waals surface area contributed by atoms with Crippen LogP contribution in [-0.4, -0.2) is 51.2 Å². The van der Waals surface area contributed by atoms with E-state index in [1.807, 2.05) is 20.0 Å². The van der Waals surface area contributed by atoms with Crippen molar-refractivity contribution < 1.29 is 14.0 Å². The first kappa shape index (κ1) is 18.6. The zero-order valence-electron chi connectivity index (χ0n) is 15.9. The average molecular weight is 385 g/mol. The summed E-state index contributed by atoms with van der Waals surface area (Å²) >= 11 is 0. The maximum Gasteiger partial charge on any atom is 0.246 e. The molecule has 0 saturated carbocycles. The standard InChI is InChI=1S/C20H24FN5O2/c1-12(2)18-20(28)25-11-15(7-17(25)19(27)24-18)22-8-13-9-23-26(10-13)16-5-3-4-14(21)6-16/h3-6,9-10,12,15,17-18,22H,7-8,11H2,1-2H3,(H,24,27)/t15-,17-,18+/m0/s1. The van der Waals surface area contributed by atoms with Crippen molar-refractivity contribution >= 4 is 11.8 Å². The normalized spacial score (nSPS) is 24.6. The first-order valence-corrected chi connectivity index (χ1v) is 9.56. The molecule has 8 heteroatoms. The van der Waals surface area contributed by atoms with Gasteiger partial charge in [-0.05, 0) is 30.5 Å². The van der Waals surface area contributed by atoms with E-state index in [4.69, 9.17) is 0 Å². The number of rotatable bonds is 5. The highest BCUT2D eigenvalue weighted by Gasteiger charge is 2.46. The molecule has 148 valence electrons. The number of benzene rings is 1. The molecule has 2 aliphatic heterocycles. The van der Waals surface area contributed by atoms with Gasteiger partial charge in [0.15, 0.2) is 0 Å². The van der Waals surface area contributed by atoms with Crippen LogP contribution >= 0.6 is 0 Å². The van der Waals surface area contributed by atoms with Crippen molar-refractivity contribution in [3.8, 4) is 5.69 Å². The number of nitrogens with one attached hydrogen (secondary N) is 2. The molecule has 7 nitrogen and oxygen atoms in total. The van der Waals surface area contributed by atoms with Crippen molar-refractivity contribution in [2.75, 3.05) is 6.54 Å². The lowest BCUT2D eigenvalue weighted by Crippen LogP contribution is -2.62. The molecule has 1 aromatic carbocycles. The van der Waals surface area contributed by atoms with Gasteiger partial charge in [-0.25, -0.2) is 9.07 Å². The Balaban J connectivity index is 1.38. The number of hydrogen-bond donors (Lipinski definition) is 2. The highest BCUT2D eigenvalue weighted by molar-refractivity contribution is 5.97. The van der Waals surface area contributed by atoms with Gasteiger partial charge in [0.05, 0.1) is 11.9 Å². The number of piperazine rings is 1. The molecule has 3 heterocycles. The molecule has 2 saturated heterocycles. The van der Waals surface area contributed by atoms with Crippen molar-refractivity contribution in [1.29, 1.82) is 0 Å². The van der Waals surface area contributed by atoms with Crippen LogP contribution in [0, 0.1) is 11.7 Å². The fraction of sp³-hybridized carbons (Fsp3) is 0.450. The van der Waals surface area contributed by atoms with Crippen LogP contribution in [0.3, 0.4) is 0 Å². The van der Waals surface area contributed by atoms with Gasteiger partial charge in [-0.15, -0.1) is 0 Å². The molecule has 2 fully saturated rings. The van der Waals surface area contributed by atoms with Gasteiger partial charge in [-0.2, -0.15) is 5.10 Å². The fourth-order valence-electron chi connectivity index (χ4n) is 3.89. The van der Waals surface area contributed by atoms with Gasteiger partial charge < -0.3 is 15.5 Å². The van der Waals surface area contributed by atoms with Crippen molar-refractivity contribution in [1.82, 2.24) is 25.3 Å². The second-order valence-corrected chi connectivity index (χ2v) is 7.82. The van der Waals surface area contributed by atoms with E-state index in [1.54, 1.807) is 27.9 Å². The summed E-state index contributed by atoms with van der Waals surface area (Å²) in [5, 5.41) is 10.5. The zero-order chi connectivity index (χ0) is 19.8. The minimum absolute atomic E-state index is 0.00261. The third-order valence-corrected chi connectivity index (χ3v) is 5.42. The fourth-order valence-corrected chi connectivity index (χ4v) is 3.89. The van der Waals surface area contributed by atoms with Crippen LogP contribution in [0.4, 0.5) is 4.39 Å². The van der Waals surface area contributed by atoms with Crippen LogP contribution in [-0.2, 0) is 16.1 Å². The van der Waals surface area contributed by atoms with E-state index in [9.17, 15) is 14.0 Å². The summed E-state index contributed by atoms with van der Waals surface area (Å²) in [4.78, 5) is 26.7. The topological polar surface area (TPSA) is 79.3 Å². The number of amides is 2. The van der Waals surface area contributed by atoms with Crippen LogP contribution in [0.15, 0.2) is 36.7 Å².